The molecule has 1 heterocycles. The topological polar surface area (TPSA) is 65.3 Å². The zero-order valence-corrected chi connectivity index (χ0v) is 11.9. The molecule has 1 aromatic carbocycles. The van der Waals surface area contributed by atoms with E-state index in [1.54, 1.807) is 0 Å². The first-order chi connectivity index (χ1) is 10.2. The van der Waals surface area contributed by atoms with Gasteiger partial charge >= 0.3 is 6.18 Å². The standard InChI is InChI=1S/C12H5Cl2F3N2O3/c13-8-2-1-7(19(20)21)4-10(8)22-11-9(14)3-6(5-18-11)12(15,16)17/h1-5H. The molecular weight excluding hydrogens is 348 g/mol. The third-order valence-corrected chi connectivity index (χ3v) is 3.05. The van der Waals surface area contributed by atoms with E-state index < -0.39 is 21.7 Å². The summed E-state index contributed by atoms with van der Waals surface area (Å²) in [6.45, 7) is 0. The Morgan fingerprint density at radius 3 is 2.41 bits per heavy atom. The maximum absolute atomic E-state index is 12.5. The minimum atomic E-state index is -4.60. The number of ether oxygens (including phenoxy) is 1. The van der Waals surface area contributed by atoms with Crippen molar-refractivity contribution in [3.63, 3.8) is 0 Å². The van der Waals surface area contributed by atoms with Crippen molar-refractivity contribution in [2.24, 2.45) is 0 Å². The van der Waals surface area contributed by atoms with E-state index in [1.165, 1.54) is 6.07 Å². The third kappa shape index (κ3) is 3.58. The van der Waals surface area contributed by atoms with E-state index in [4.69, 9.17) is 27.9 Å². The Balaban J connectivity index is 2.35. The first kappa shape index (κ1) is 16.3. The Hall–Kier alpha value is -2.06. The smallest absolute Gasteiger partial charge is 0.417 e. The Bertz CT molecular complexity index is 738. The van der Waals surface area contributed by atoms with Crippen molar-refractivity contribution in [1.29, 1.82) is 0 Å². The van der Waals surface area contributed by atoms with E-state index in [1.807, 2.05) is 0 Å². The van der Waals surface area contributed by atoms with Crippen molar-refractivity contribution in [2.45, 2.75) is 6.18 Å². The monoisotopic (exact) mass is 352 g/mol. The van der Waals surface area contributed by atoms with Crippen LogP contribution in [0.5, 0.6) is 11.6 Å². The summed E-state index contributed by atoms with van der Waals surface area (Å²) < 4.78 is 42.6. The Morgan fingerprint density at radius 2 is 1.86 bits per heavy atom. The number of benzene rings is 1. The fraction of sp³-hybridized carbons (Fsp3) is 0.0833. The molecule has 5 nitrogen and oxygen atoms in total. The molecule has 0 N–H and O–H groups in total. The summed E-state index contributed by atoms with van der Waals surface area (Å²) in [5.74, 6) is -0.498. The molecule has 0 atom stereocenters. The molecule has 0 fully saturated rings. The van der Waals surface area contributed by atoms with Crippen LogP contribution in [-0.2, 0) is 6.18 Å². The van der Waals surface area contributed by atoms with Gasteiger partial charge in [-0.3, -0.25) is 10.1 Å². The highest BCUT2D eigenvalue weighted by Crippen LogP contribution is 2.37. The van der Waals surface area contributed by atoms with Crippen molar-refractivity contribution in [1.82, 2.24) is 4.98 Å². The second kappa shape index (κ2) is 5.98. The molecule has 0 aliphatic heterocycles. The molecule has 116 valence electrons. The van der Waals surface area contributed by atoms with Gasteiger partial charge < -0.3 is 4.74 Å². The van der Waals surface area contributed by atoms with Gasteiger partial charge in [0.05, 0.1) is 21.6 Å². The largest absolute Gasteiger partial charge is 0.436 e. The number of halogens is 5. The van der Waals surface area contributed by atoms with Crippen molar-refractivity contribution in [2.75, 3.05) is 0 Å². The van der Waals surface area contributed by atoms with E-state index >= 15 is 0 Å². The van der Waals surface area contributed by atoms with Crippen LogP contribution in [0.25, 0.3) is 0 Å². The SMILES string of the molecule is O=[N+]([O-])c1ccc(Cl)c(Oc2ncc(C(F)(F)F)cc2Cl)c1. The lowest BCUT2D eigenvalue weighted by Crippen LogP contribution is -2.05. The van der Waals surface area contributed by atoms with Gasteiger partial charge in [-0.2, -0.15) is 13.2 Å². The van der Waals surface area contributed by atoms with Gasteiger partial charge in [-0.1, -0.05) is 23.2 Å². The minimum Gasteiger partial charge on any atom is -0.436 e. The van der Waals surface area contributed by atoms with Gasteiger partial charge in [0.1, 0.15) is 5.02 Å². The number of non-ortho nitro benzene ring substituents is 1. The van der Waals surface area contributed by atoms with E-state index in [-0.39, 0.29) is 22.3 Å². The van der Waals surface area contributed by atoms with Gasteiger partial charge in [0.25, 0.3) is 5.69 Å². The summed E-state index contributed by atoms with van der Waals surface area (Å²) in [4.78, 5) is 13.5. The van der Waals surface area contributed by atoms with Gasteiger partial charge in [-0.05, 0) is 12.1 Å². The Labute approximate surface area is 131 Å². The Morgan fingerprint density at radius 1 is 1.18 bits per heavy atom. The maximum atomic E-state index is 12.5. The normalized spacial score (nSPS) is 11.3. The van der Waals surface area contributed by atoms with Gasteiger partial charge in [0.2, 0.25) is 5.88 Å². The number of hydrogen-bond donors (Lipinski definition) is 0. The lowest BCUT2D eigenvalue weighted by Gasteiger charge is -2.10. The van der Waals surface area contributed by atoms with E-state index in [2.05, 4.69) is 4.98 Å². The molecule has 0 amide bonds. The molecule has 0 aliphatic carbocycles. The zero-order valence-electron chi connectivity index (χ0n) is 10.4. The van der Waals surface area contributed by atoms with Crippen LogP contribution in [0.3, 0.4) is 0 Å². The Kier molecular flexibility index (Phi) is 4.43. The van der Waals surface area contributed by atoms with Gasteiger partial charge in [-0.25, -0.2) is 4.98 Å². The van der Waals surface area contributed by atoms with Crippen LogP contribution in [-0.4, -0.2) is 9.91 Å². The lowest BCUT2D eigenvalue weighted by molar-refractivity contribution is -0.384. The van der Waals surface area contributed by atoms with Gasteiger partial charge in [-0.15, -0.1) is 0 Å². The van der Waals surface area contributed by atoms with Crippen molar-refractivity contribution in [3.8, 4) is 11.6 Å². The number of aromatic nitrogens is 1. The highest BCUT2D eigenvalue weighted by molar-refractivity contribution is 6.32. The number of hydrogen-bond acceptors (Lipinski definition) is 4. The van der Waals surface area contributed by atoms with E-state index in [9.17, 15) is 23.3 Å². The highest BCUT2D eigenvalue weighted by Gasteiger charge is 2.32. The van der Waals surface area contributed by atoms with Crippen molar-refractivity contribution >= 4 is 28.9 Å². The van der Waals surface area contributed by atoms with E-state index in [0.717, 1.165) is 12.1 Å². The molecule has 0 spiro atoms. The molecular formula is C12H5Cl2F3N2O3. The van der Waals surface area contributed by atoms with Crippen LogP contribution in [0.2, 0.25) is 10.0 Å². The van der Waals surface area contributed by atoms with Crippen LogP contribution in [0.4, 0.5) is 18.9 Å². The average molecular weight is 353 g/mol. The van der Waals surface area contributed by atoms with Crippen LogP contribution < -0.4 is 4.74 Å². The van der Waals surface area contributed by atoms with E-state index in [0.29, 0.717) is 12.3 Å². The number of nitro benzene ring substituents is 1. The molecule has 2 rings (SSSR count). The molecule has 0 aliphatic rings. The number of pyridine rings is 1. The second-order valence-electron chi connectivity index (χ2n) is 3.98. The summed E-state index contributed by atoms with van der Waals surface area (Å²) in [5, 5.41) is 10.3. The summed E-state index contributed by atoms with van der Waals surface area (Å²) in [6.07, 6.45) is -4.06. The molecule has 2 aromatic rings. The minimum absolute atomic E-state index is 0.0170. The predicted octanol–water partition coefficient (Wildman–Crippen LogP) is 5.11. The number of nitrogens with zero attached hydrogens (tertiary/aromatic N) is 2. The molecule has 22 heavy (non-hydrogen) atoms. The third-order valence-electron chi connectivity index (χ3n) is 2.47. The average Bonchev–Trinajstić information content (AvgIpc) is 2.41. The molecule has 10 heteroatoms. The lowest BCUT2D eigenvalue weighted by atomic mass is 10.3. The molecule has 0 bridgehead atoms. The number of nitro groups is 1. The zero-order chi connectivity index (χ0) is 16.5. The summed E-state index contributed by atoms with van der Waals surface area (Å²) in [5.41, 5.74) is -1.35. The van der Waals surface area contributed by atoms with Gasteiger partial charge in [0.15, 0.2) is 5.75 Å². The molecule has 0 radical (unpaired) electrons. The van der Waals surface area contributed by atoms with Crippen LogP contribution in [0.15, 0.2) is 30.5 Å². The highest BCUT2D eigenvalue weighted by atomic mass is 35.5. The van der Waals surface area contributed by atoms with Crippen molar-refractivity contribution in [3.05, 3.63) is 56.2 Å². The van der Waals surface area contributed by atoms with Gasteiger partial charge in [0, 0.05) is 12.3 Å². The fourth-order valence-electron chi connectivity index (χ4n) is 1.44. The number of rotatable bonds is 3. The first-order valence-electron chi connectivity index (χ1n) is 5.53. The molecule has 1 aromatic heterocycles. The summed E-state index contributed by atoms with van der Waals surface area (Å²) in [6, 6.07) is 4.01. The van der Waals surface area contributed by atoms with Crippen LogP contribution in [0, 0.1) is 10.1 Å². The molecule has 0 saturated carbocycles. The van der Waals surface area contributed by atoms with Crippen molar-refractivity contribution < 1.29 is 22.8 Å². The molecule has 0 unspecified atom stereocenters. The second-order valence-corrected chi connectivity index (χ2v) is 4.80. The fourth-order valence-corrected chi connectivity index (χ4v) is 1.80. The molecule has 0 saturated heterocycles. The van der Waals surface area contributed by atoms with Crippen LogP contribution in [0.1, 0.15) is 5.56 Å². The summed E-state index contributed by atoms with van der Waals surface area (Å²) in [7, 11) is 0. The first-order valence-corrected chi connectivity index (χ1v) is 6.28. The summed E-state index contributed by atoms with van der Waals surface area (Å²) >= 11 is 11.5. The quantitative estimate of drug-likeness (QED) is 0.568. The van der Waals surface area contributed by atoms with Crippen LogP contribution >= 0.6 is 23.2 Å². The maximum Gasteiger partial charge on any atom is 0.417 e. The predicted molar refractivity (Wildman–Crippen MR) is 72.4 cm³/mol. The number of alkyl halides is 3.